The van der Waals surface area contributed by atoms with Gasteiger partial charge < -0.3 is 4.42 Å². The Morgan fingerprint density at radius 2 is 1.12 bits per heavy atom. The molecule has 0 saturated heterocycles. The summed E-state index contributed by atoms with van der Waals surface area (Å²) >= 11 is 0. The summed E-state index contributed by atoms with van der Waals surface area (Å²) < 4.78 is 6.73. The number of fused-ring (bicyclic) bond motifs is 9. The van der Waals surface area contributed by atoms with Crippen molar-refractivity contribution in [2.24, 2.45) is 0 Å². The van der Waals surface area contributed by atoms with Crippen LogP contribution in [0.1, 0.15) is 0 Å². The summed E-state index contributed by atoms with van der Waals surface area (Å²) in [4.78, 5) is 19.5. The molecular weight excluding hydrogens is 622 g/mol. The number of nitrogens with zero attached hydrogens (tertiary/aromatic N) is 2. The van der Waals surface area contributed by atoms with Gasteiger partial charge in [0, 0.05) is 27.5 Å². The average Bonchev–Trinajstić information content (AvgIpc) is 3.57. The van der Waals surface area contributed by atoms with Crippen LogP contribution in [0.4, 0.5) is 27.5 Å². The molecule has 1 aromatic heterocycles. The lowest BCUT2D eigenvalue weighted by molar-refractivity contribution is 0.255. The maximum absolute atomic E-state index is 15.5. The van der Waals surface area contributed by atoms with Gasteiger partial charge in [0.25, 0.3) is 6.71 Å². The lowest BCUT2D eigenvalue weighted by atomic mass is 9.33. The standard InChI is InChI=1S/C45H26B2N2O2/c50-45-48-37-19-8-7-17-34(37)47(33-18-10-12-27-11-4-5-15-30(27)33)36-25-22-28-21-24-35-42(40(28)43(36)48)49(45)38-26-23-32-31-16-6-9-20-39(31)51-44(32)41(38)46(35)29-13-2-1-3-14-29/h1-26H. The Balaban J connectivity index is 1.23. The molecule has 6 heteroatoms. The summed E-state index contributed by atoms with van der Waals surface area (Å²) in [6.07, 6.45) is 0. The molecule has 4 heterocycles. The molecule has 234 valence electrons. The van der Waals surface area contributed by atoms with Gasteiger partial charge in [0.1, 0.15) is 11.2 Å². The van der Waals surface area contributed by atoms with E-state index in [0.29, 0.717) is 0 Å². The third-order valence-electron chi connectivity index (χ3n) is 11.5. The zero-order chi connectivity index (χ0) is 33.4. The van der Waals surface area contributed by atoms with Gasteiger partial charge in [-0.2, -0.15) is 0 Å². The van der Waals surface area contributed by atoms with Crippen molar-refractivity contribution in [2.45, 2.75) is 0 Å². The fourth-order valence-corrected chi connectivity index (χ4v) is 9.46. The molecule has 3 aliphatic rings. The molecule has 0 N–H and O–H groups in total. The van der Waals surface area contributed by atoms with Crippen molar-refractivity contribution in [2.75, 3.05) is 9.80 Å². The molecular formula is C45H26B2N2O2. The van der Waals surface area contributed by atoms with E-state index in [4.69, 9.17) is 4.42 Å². The lowest BCUT2D eigenvalue weighted by Gasteiger charge is -2.46. The van der Waals surface area contributed by atoms with E-state index >= 15 is 4.79 Å². The molecule has 9 aromatic rings. The molecule has 2 amide bonds. The number of benzene rings is 8. The number of carbonyl (C=O) groups excluding carboxylic acids is 1. The number of urea groups is 1. The first-order valence-electron chi connectivity index (χ1n) is 17.6. The monoisotopic (exact) mass is 648 g/mol. The van der Waals surface area contributed by atoms with E-state index in [1.54, 1.807) is 0 Å². The first kappa shape index (κ1) is 27.3. The van der Waals surface area contributed by atoms with Crippen LogP contribution in [0.25, 0.3) is 43.5 Å². The predicted molar refractivity (Wildman–Crippen MR) is 213 cm³/mol. The third-order valence-corrected chi connectivity index (χ3v) is 11.5. The van der Waals surface area contributed by atoms with Gasteiger partial charge >= 0.3 is 6.03 Å². The van der Waals surface area contributed by atoms with Crippen molar-refractivity contribution < 1.29 is 9.21 Å². The average molecular weight is 648 g/mol. The van der Waals surface area contributed by atoms with Crippen LogP contribution < -0.4 is 42.6 Å². The predicted octanol–water partition coefficient (Wildman–Crippen LogP) is 6.96. The van der Waals surface area contributed by atoms with E-state index < -0.39 is 0 Å². The molecule has 0 unspecified atom stereocenters. The minimum atomic E-state index is -0.138. The van der Waals surface area contributed by atoms with E-state index in [1.165, 1.54) is 21.7 Å². The van der Waals surface area contributed by atoms with Gasteiger partial charge in [-0.15, -0.1) is 0 Å². The molecule has 0 fully saturated rings. The van der Waals surface area contributed by atoms with E-state index in [2.05, 4.69) is 146 Å². The largest absolute Gasteiger partial charge is 0.457 e. The quantitative estimate of drug-likeness (QED) is 0.190. The van der Waals surface area contributed by atoms with Crippen LogP contribution >= 0.6 is 0 Å². The number of furan rings is 1. The Hall–Kier alpha value is -6.52. The van der Waals surface area contributed by atoms with E-state index in [1.807, 2.05) is 21.9 Å². The van der Waals surface area contributed by atoms with Crippen LogP contribution in [0.15, 0.2) is 162 Å². The smallest absolute Gasteiger partial charge is 0.338 e. The Morgan fingerprint density at radius 1 is 0.451 bits per heavy atom. The summed E-state index contributed by atoms with van der Waals surface area (Å²) in [6, 6.07) is 55.8. The molecule has 0 spiro atoms. The van der Waals surface area contributed by atoms with Crippen molar-refractivity contribution in [1.82, 2.24) is 0 Å². The highest BCUT2D eigenvalue weighted by molar-refractivity contribution is 7.01. The highest BCUT2D eigenvalue weighted by atomic mass is 16.3. The molecule has 3 aliphatic heterocycles. The Kier molecular flexibility index (Phi) is 5.25. The number of para-hydroxylation sites is 2. The molecule has 0 bridgehead atoms. The SMILES string of the molecule is O=C1N2c3ccccc3B(c3cccc4ccccc34)c3ccc4ccc5c(c4c32)N1c1ccc2c(oc3ccccc32)c1B5c1ccccc1. The van der Waals surface area contributed by atoms with E-state index in [0.717, 1.165) is 77.3 Å². The highest BCUT2D eigenvalue weighted by Gasteiger charge is 2.49. The number of hydrogen-bond acceptors (Lipinski definition) is 2. The lowest BCUT2D eigenvalue weighted by Crippen LogP contribution is -2.64. The fraction of sp³-hybridized carbons (Fsp3) is 0. The summed E-state index contributed by atoms with van der Waals surface area (Å²) in [7, 11) is 0. The second-order valence-electron chi connectivity index (χ2n) is 13.9. The zero-order valence-electron chi connectivity index (χ0n) is 27.4. The van der Waals surface area contributed by atoms with Crippen LogP contribution in [0.2, 0.25) is 0 Å². The van der Waals surface area contributed by atoms with Crippen molar-refractivity contribution in [3.63, 3.8) is 0 Å². The van der Waals surface area contributed by atoms with Crippen LogP contribution in [0, 0.1) is 0 Å². The zero-order valence-corrected chi connectivity index (χ0v) is 27.4. The van der Waals surface area contributed by atoms with Gasteiger partial charge in [-0.05, 0) is 62.3 Å². The van der Waals surface area contributed by atoms with Gasteiger partial charge in [0.15, 0.2) is 0 Å². The summed E-state index contributed by atoms with van der Waals surface area (Å²) in [5, 5.41) is 6.80. The van der Waals surface area contributed by atoms with Crippen LogP contribution in [0.3, 0.4) is 0 Å². The van der Waals surface area contributed by atoms with Crippen molar-refractivity contribution >= 4 is 118 Å². The van der Waals surface area contributed by atoms with E-state index in [9.17, 15) is 0 Å². The van der Waals surface area contributed by atoms with Crippen molar-refractivity contribution in [1.29, 1.82) is 0 Å². The number of hydrogen-bond donors (Lipinski definition) is 0. The van der Waals surface area contributed by atoms with Gasteiger partial charge in [0.05, 0.1) is 11.4 Å². The molecule has 0 saturated carbocycles. The molecule has 51 heavy (non-hydrogen) atoms. The molecule has 8 aromatic carbocycles. The summed E-state index contributed by atoms with van der Waals surface area (Å²) in [6.45, 7) is -0.185. The Bertz CT molecular complexity index is 2980. The Morgan fingerprint density at radius 3 is 1.98 bits per heavy atom. The summed E-state index contributed by atoms with van der Waals surface area (Å²) in [5.41, 5.74) is 12.2. The third kappa shape index (κ3) is 3.44. The second-order valence-corrected chi connectivity index (χ2v) is 13.9. The molecule has 0 atom stereocenters. The van der Waals surface area contributed by atoms with Gasteiger partial charge in [-0.3, -0.25) is 9.80 Å². The minimum absolute atomic E-state index is 0.0471. The van der Waals surface area contributed by atoms with Crippen molar-refractivity contribution in [3.05, 3.63) is 158 Å². The maximum atomic E-state index is 15.5. The topological polar surface area (TPSA) is 36.7 Å². The molecule has 4 nitrogen and oxygen atoms in total. The van der Waals surface area contributed by atoms with Gasteiger partial charge in [-0.25, -0.2) is 4.79 Å². The first-order valence-corrected chi connectivity index (χ1v) is 17.6. The number of rotatable bonds is 2. The van der Waals surface area contributed by atoms with Crippen molar-refractivity contribution in [3.8, 4) is 0 Å². The number of amides is 2. The van der Waals surface area contributed by atoms with Gasteiger partial charge in [0.2, 0.25) is 6.71 Å². The number of anilines is 4. The fourth-order valence-electron chi connectivity index (χ4n) is 9.46. The van der Waals surface area contributed by atoms with Gasteiger partial charge in [-0.1, -0.05) is 144 Å². The minimum Gasteiger partial charge on any atom is -0.457 e. The second kappa shape index (κ2) is 9.80. The summed E-state index contributed by atoms with van der Waals surface area (Å²) in [5.74, 6) is 0. The number of carbonyl (C=O) groups is 1. The molecule has 0 radical (unpaired) electrons. The maximum Gasteiger partial charge on any atom is 0.338 e. The van der Waals surface area contributed by atoms with Crippen LogP contribution in [0.5, 0.6) is 0 Å². The van der Waals surface area contributed by atoms with E-state index in [-0.39, 0.29) is 19.5 Å². The normalized spacial score (nSPS) is 14.2. The molecule has 12 rings (SSSR count). The highest BCUT2D eigenvalue weighted by Crippen LogP contribution is 2.48. The van der Waals surface area contributed by atoms with Crippen LogP contribution in [-0.4, -0.2) is 19.5 Å². The Labute approximate surface area is 294 Å². The molecule has 0 aliphatic carbocycles. The first-order chi connectivity index (χ1) is 25.3. The van der Waals surface area contributed by atoms with Crippen LogP contribution in [-0.2, 0) is 0 Å².